The Hall–Kier alpha value is -3.23. The average Bonchev–Trinajstić information content (AvgIpc) is 3.27. The number of amides is 1. The van der Waals surface area contributed by atoms with Crippen LogP contribution in [0.4, 0.5) is 0 Å². The van der Waals surface area contributed by atoms with E-state index in [1.165, 1.54) is 20.4 Å². The number of benzene rings is 2. The minimum absolute atomic E-state index is 0.0000417. The summed E-state index contributed by atoms with van der Waals surface area (Å²) in [5.74, 6) is 1.07. The number of nitrogens with one attached hydrogen (secondary N) is 1. The maximum Gasteiger partial charge on any atom is 0.254 e. The number of hydrogen-bond acceptors (Lipinski definition) is 6. The lowest BCUT2D eigenvalue weighted by molar-refractivity contribution is 0.0832. The van der Waals surface area contributed by atoms with Gasteiger partial charge in [-0.15, -0.1) is 0 Å². The van der Waals surface area contributed by atoms with Crippen LogP contribution >= 0.6 is 11.6 Å². The monoisotopic (exact) mass is 473 g/mol. The van der Waals surface area contributed by atoms with Crippen LogP contribution in [0, 0.1) is 0 Å². The molecule has 1 aromatic heterocycles. The summed E-state index contributed by atoms with van der Waals surface area (Å²) in [4.78, 5) is 12.9. The van der Waals surface area contributed by atoms with Crippen LogP contribution < -0.4 is 19.5 Å². The Morgan fingerprint density at radius 3 is 2.33 bits per heavy atom. The Morgan fingerprint density at radius 1 is 1.12 bits per heavy atom. The molecule has 1 unspecified atom stereocenters. The third kappa shape index (κ3) is 5.77. The minimum atomic E-state index is -0.947. The molecule has 0 aliphatic carbocycles. The van der Waals surface area contributed by atoms with Crippen molar-refractivity contribution in [1.82, 2.24) is 15.1 Å². The highest BCUT2D eigenvalue weighted by Crippen LogP contribution is 2.36. The van der Waals surface area contributed by atoms with Crippen molar-refractivity contribution in [2.75, 3.05) is 27.4 Å². The van der Waals surface area contributed by atoms with Crippen LogP contribution in [0.3, 0.4) is 0 Å². The number of aromatic nitrogens is 2. The minimum Gasteiger partial charge on any atom is -0.493 e. The topological polar surface area (TPSA) is 94.8 Å². The van der Waals surface area contributed by atoms with Crippen LogP contribution in [0.15, 0.2) is 48.7 Å². The van der Waals surface area contributed by atoms with E-state index in [9.17, 15) is 9.90 Å². The lowest BCUT2D eigenvalue weighted by Gasteiger charge is -2.17. The van der Waals surface area contributed by atoms with Crippen molar-refractivity contribution in [3.05, 3.63) is 64.9 Å². The molecule has 1 heterocycles. The van der Waals surface area contributed by atoms with Gasteiger partial charge in [-0.25, -0.2) is 4.68 Å². The molecule has 0 aliphatic rings. The van der Waals surface area contributed by atoms with Crippen molar-refractivity contribution in [3.8, 4) is 22.9 Å². The van der Waals surface area contributed by atoms with Crippen molar-refractivity contribution in [2.45, 2.75) is 25.9 Å². The summed E-state index contributed by atoms with van der Waals surface area (Å²) in [6, 6.07) is 12.5. The van der Waals surface area contributed by atoms with Crippen LogP contribution in [0.2, 0.25) is 5.02 Å². The van der Waals surface area contributed by atoms with Crippen molar-refractivity contribution in [3.63, 3.8) is 0 Å². The number of halogens is 1. The molecule has 0 aliphatic heterocycles. The second-order valence-electron chi connectivity index (χ2n) is 7.65. The highest BCUT2D eigenvalue weighted by atomic mass is 35.5. The predicted octanol–water partition coefficient (Wildman–Crippen LogP) is 3.84. The van der Waals surface area contributed by atoms with Gasteiger partial charge in [-0.2, -0.15) is 5.10 Å². The maximum absolute atomic E-state index is 12.9. The summed E-state index contributed by atoms with van der Waals surface area (Å²) >= 11 is 5.98. The van der Waals surface area contributed by atoms with Gasteiger partial charge < -0.3 is 24.6 Å². The molecule has 1 amide bonds. The summed E-state index contributed by atoms with van der Waals surface area (Å²) in [6.07, 6.45) is 0.583. The Balaban J connectivity index is 1.66. The number of methoxy groups -OCH3 is 2. The zero-order valence-electron chi connectivity index (χ0n) is 19.0. The normalized spacial score (nSPS) is 11.8. The van der Waals surface area contributed by atoms with Crippen LogP contribution in [-0.2, 0) is 0 Å². The van der Waals surface area contributed by atoms with E-state index in [2.05, 4.69) is 10.4 Å². The van der Waals surface area contributed by atoms with E-state index in [0.29, 0.717) is 27.8 Å². The van der Waals surface area contributed by atoms with Gasteiger partial charge in [-0.3, -0.25) is 4.79 Å². The molecule has 33 heavy (non-hydrogen) atoms. The van der Waals surface area contributed by atoms with E-state index in [1.54, 1.807) is 35.0 Å². The number of hydrogen-bond donors (Lipinski definition) is 2. The number of carbonyl (C=O) groups excluding carboxylic acids is 1. The van der Waals surface area contributed by atoms with Gasteiger partial charge in [0.25, 0.3) is 5.91 Å². The largest absolute Gasteiger partial charge is 0.493 e. The van der Waals surface area contributed by atoms with Gasteiger partial charge in [0, 0.05) is 11.6 Å². The van der Waals surface area contributed by atoms with Crippen molar-refractivity contribution in [2.24, 2.45) is 0 Å². The van der Waals surface area contributed by atoms with E-state index < -0.39 is 6.10 Å². The first-order valence-electron chi connectivity index (χ1n) is 10.5. The Bertz CT molecular complexity index is 1060. The number of aliphatic hydroxyl groups excluding tert-OH is 1. The van der Waals surface area contributed by atoms with Crippen LogP contribution in [0.25, 0.3) is 5.69 Å². The maximum atomic E-state index is 12.9. The molecule has 0 fully saturated rings. The zero-order valence-corrected chi connectivity index (χ0v) is 19.8. The predicted molar refractivity (Wildman–Crippen MR) is 126 cm³/mol. The average molecular weight is 474 g/mol. The molecule has 2 aromatic carbocycles. The molecule has 2 N–H and O–H groups in total. The van der Waals surface area contributed by atoms with E-state index >= 15 is 0 Å². The number of aliphatic hydroxyl groups is 1. The smallest absolute Gasteiger partial charge is 0.254 e. The quantitative estimate of drug-likeness (QED) is 0.464. The molecule has 0 radical (unpaired) electrons. The fourth-order valence-electron chi connectivity index (χ4n) is 3.38. The highest BCUT2D eigenvalue weighted by Gasteiger charge is 2.22. The van der Waals surface area contributed by atoms with Gasteiger partial charge in [-0.1, -0.05) is 31.5 Å². The van der Waals surface area contributed by atoms with E-state index in [4.69, 9.17) is 25.8 Å². The second-order valence-corrected chi connectivity index (χ2v) is 8.09. The summed E-state index contributed by atoms with van der Waals surface area (Å²) in [5.41, 5.74) is 2.01. The van der Waals surface area contributed by atoms with Crippen molar-refractivity contribution in [1.29, 1.82) is 0 Å². The molecular weight excluding hydrogens is 446 g/mol. The van der Waals surface area contributed by atoms with Gasteiger partial charge in [-0.05, 0) is 42.3 Å². The van der Waals surface area contributed by atoms with Gasteiger partial charge in [0.15, 0.2) is 11.5 Å². The summed E-state index contributed by atoms with van der Waals surface area (Å²) in [7, 11) is 3.05. The SMILES string of the molecule is COc1cccc(OC)c1OCC(O)CNC(=O)c1cnn(-c2ccc(Cl)cc2)c1C(C)C. The van der Waals surface area contributed by atoms with Gasteiger partial charge >= 0.3 is 0 Å². The summed E-state index contributed by atoms with van der Waals surface area (Å²) in [6.45, 7) is 3.92. The van der Waals surface area contributed by atoms with Crippen LogP contribution in [0.1, 0.15) is 35.8 Å². The number of rotatable bonds is 10. The first kappa shape index (κ1) is 24.4. The first-order chi connectivity index (χ1) is 15.8. The Labute approximate surface area is 198 Å². The summed E-state index contributed by atoms with van der Waals surface area (Å²) < 4.78 is 18.0. The second kappa shape index (κ2) is 11.1. The molecule has 0 saturated heterocycles. The van der Waals surface area contributed by atoms with Gasteiger partial charge in [0.05, 0.1) is 37.4 Å². The molecule has 3 aromatic rings. The van der Waals surface area contributed by atoms with Gasteiger partial charge in [0.2, 0.25) is 5.75 Å². The standard InChI is InChI=1S/C24H28ClN3O5/c1-15(2)22-19(13-27-28(22)17-10-8-16(25)9-11-17)24(30)26-12-18(29)14-33-23-20(31-3)6-5-7-21(23)32-4/h5-11,13,15,18,29H,12,14H2,1-4H3,(H,26,30). The number of nitrogens with zero attached hydrogens (tertiary/aromatic N) is 2. The summed E-state index contributed by atoms with van der Waals surface area (Å²) in [5, 5.41) is 18.1. The molecular formula is C24H28ClN3O5. The number of ether oxygens (including phenoxy) is 3. The lowest BCUT2D eigenvalue weighted by Crippen LogP contribution is -2.35. The third-order valence-corrected chi connectivity index (χ3v) is 5.22. The van der Waals surface area contributed by atoms with E-state index in [-0.39, 0.29) is 25.0 Å². The fraction of sp³-hybridized carbons (Fsp3) is 0.333. The molecule has 9 heteroatoms. The molecule has 3 rings (SSSR count). The van der Waals surface area contributed by atoms with Gasteiger partial charge in [0.1, 0.15) is 12.7 Å². The highest BCUT2D eigenvalue weighted by molar-refractivity contribution is 6.30. The Morgan fingerprint density at radius 2 is 1.76 bits per heavy atom. The van der Waals surface area contributed by atoms with Crippen LogP contribution in [0.5, 0.6) is 17.2 Å². The molecule has 0 bridgehead atoms. The molecule has 0 spiro atoms. The van der Waals surface area contributed by atoms with Crippen molar-refractivity contribution >= 4 is 17.5 Å². The van der Waals surface area contributed by atoms with Crippen LogP contribution in [-0.4, -0.2) is 54.3 Å². The number of para-hydroxylation sites is 1. The molecule has 8 nitrogen and oxygen atoms in total. The molecule has 1 atom stereocenters. The lowest BCUT2D eigenvalue weighted by atomic mass is 10.0. The van der Waals surface area contributed by atoms with E-state index in [1.807, 2.05) is 26.0 Å². The zero-order chi connectivity index (χ0) is 24.0. The van der Waals surface area contributed by atoms with E-state index in [0.717, 1.165) is 11.4 Å². The third-order valence-electron chi connectivity index (χ3n) is 4.97. The fourth-order valence-corrected chi connectivity index (χ4v) is 3.51. The molecule has 176 valence electrons. The Kier molecular flexibility index (Phi) is 8.19. The first-order valence-corrected chi connectivity index (χ1v) is 10.9. The van der Waals surface area contributed by atoms with Crippen molar-refractivity contribution < 1.29 is 24.1 Å². The number of carbonyl (C=O) groups is 1. The molecule has 0 saturated carbocycles.